The lowest BCUT2D eigenvalue weighted by molar-refractivity contribution is 0.386. The Balaban J connectivity index is 1.52. The summed E-state index contributed by atoms with van der Waals surface area (Å²) in [6.07, 6.45) is 0.954. The summed E-state index contributed by atoms with van der Waals surface area (Å²) in [5.74, 6) is 0. The number of aryl methyl sites for hydroxylation is 1. The van der Waals surface area contributed by atoms with Gasteiger partial charge in [0.25, 0.3) is 10.0 Å². The van der Waals surface area contributed by atoms with Crippen molar-refractivity contribution in [3.05, 3.63) is 40.2 Å². The molecule has 1 fully saturated rings. The van der Waals surface area contributed by atoms with Gasteiger partial charge in [-0.1, -0.05) is 42.0 Å². The van der Waals surface area contributed by atoms with E-state index in [0.717, 1.165) is 28.4 Å². The highest BCUT2D eigenvalue weighted by atomic mass is 35.5. The molecule has 2 aromatic heterocycles. The fourth-order valence-electron chi connectivity index (χ4n) is 3.10. The van der Waals surface area contributed by atoms with Crippen LogP contribution in [0.3, 0.4) is 0 Å². The Kier molecular flexibility index (Phi) is 4.96. The Bertz CT molecular complexity index is 1040. The summed E-state index contributed by atoms with van der Waals surface area (Å²) in [6.45, 7) is 4.32. The molecule has 138 valence electrons. The predicted molar refractivity (Wildman–Crippen MR) is 109 cm³/mol. The number of anilines is 1. The second kappa shape index (κ2) is 7.09. The van der Waals surface area contributed by atoms with Crippen LogP contribution >= 0.6 is 34.3 Å². The molecule has 0 amide bonds. The largest absolute Gasteiger partial charge is 0.345 e. The van der Waals surface area contributed by atoms with E-state index in [4.69, 9.17) is 16.6 Å². The van der Waals surface area contributed by atoms with Crippen LogP contribution in [0.4, 0.5) is 5.13 Å². The van der Waals surface area contributed by atoms with Gasteiger partial charge in [0, 0.05) is 26.2 Å². The molecule has 0 saturated carbocycles. The Morgan fingerprint density at radius 1 is 1.12 bits per heavy atom. The number of hydrogen-bond acceptors (Lipinski definition) is 6. The summed E-state index contributed by atoms with van der Waals surface area (Å²) in [5.41, 5.74) is 2.32. The molecule has 5 nitrogen and oxygen atoms in total. The molecule has 1 aromatic carbocycles. The predicted octanol–water partition coefficient (Wildman–Crippen LogP) is 4.08. The van der Waals surface area contributed by atoms with Crippen molar-refractivity contribution in [3.63, 3.8) is 0 Å². The maximum absolute atomic E-state index is 12.7. The van der Waals surface area contributed by atoms with Gasteiger partial charge in [0.15, 0.2) is 5.13 Å². The quantitative estimate of drug-likeness (QED) is 0.629. The van der Waals surface area contributed by atoms with Gasteiger partial charge < -0.3 is 4.90 Å². The van der Waals surface area contributed by atoms with Crippen molar-refractivity contribution in [2.75, 3.05) is 31.1 Å². The van der Waals surface area contributed by atoms with E-state index in [0.29, 0.717) is 34.7 Å². The molecule has 0 radical (unpaired) electrons. The molecule has 0 N–H and O–H groups in total. The molecule has 0 atom stereocenters. The lowest BCUT2D eigenvalue weighted by Gasteiger charge is -2.33. The minimum absolute atomic E-state index is 0.309. The number of thiazole rings is 1. The normalized spacial score (nSPS) is 16.5. The van der Waals surface area contributed by atoms with Crippen LogP contribution in [0.5, 0.6) is 0 Å². The van der Waals surface area contributed by atoms with E-state index >= 15 is 0 Å². The Hall–Kier alpha value is -1.19. The van der Waals surface area contributed by atoms with E-state index in [2.05, 4.69) is 30.0 Å². The lowest BCUT2D eigenvalue weighted by Crippen LogP contribution is -2.48. The average molecular weight is 428 g/mol. The maximum Gasteiger partial charge on any atom is 0.252 e. The molecule has 0 bridgehead atoms. The van der Waals surface area contributed by atoms with Crippen molar-refractivity contribution >= 4 is 59.6 Å². The van der Waals surface area contributed by atoms with Crippen LogP contribution in [0.25, 0.3) is 10.2 Å². The number of benzene rings is 1. The van der Waals surface area contributed by atoms with Crippen molar-refractivity contribution in [1.82, 2.24) is 9.29 Å². The number of nitrogens with zero attached hydrogens (tertiary/aromatic N) is 3. The molecule has 9 heteroatoms. The molecule has 1 saturated heterocycles. The summed E-state index contributed by atoms with van der Waals surface area (Å²) in [5, 5.41) is 0.970. The van der Waals surface area contributed by atoms with Crippen LogP contribution in [0.15, 0.2) is 34.5 Å². The second-order valence-corrected chi connectivity index (χ2v) is 11.0. The van der Waals surface area contributed by atoms with Crippen LogP contribution in [-0.4, -0.2) is 43.9 Å². The molecule has 26 heavy (non-hydrogen) atoms. The average Bonchev–Trinajstić information content (AvgIpc) is 3.28. The first-order valence-corrected chi connectivity index (χ1v) is 11.8. The Morgan fingerprint density at radius 2 is 1.88 bits per heavy atom. The molecular formula is C17H18ClN3O2S3. The van der Waals surface area contributed by atoms with Crippen LogP contribution in [-0.2, 0) is 16.4 Å². The number of fused-ring (bicyclic) bond motifs is 1. The van der Waals surface area contributed by atoms with E-state index in [1.54, 1.807) is 23.5 Å². The van der Waals surface area contributed by atoms with Crippen LogP contribution in [0.1, 0.15) is 12.5 Å². The molecule has 3 aromatic rings. The SMILES string of the molecule is CCc1cccc2sc(N3CCN(S(=O)(=O)c4ccc(Cl)s4)CC3)nc12. The molecular weight excluding hydrogens is 410 g/mol. The molecule has 0 unspecified atom stereocenters. The monoisotopic (exact) mass is 427 g/mol. The molecule has 0 spiro atoms. The molecule has 1 aliphatic heterocycles. The van der Waals surface area contributed by atoms with Gasteiger partial charge in [0.05, 0.1) is 14.6 Å². The van der Waals surface area contributed by atoms with E-state index in [-0.39, 0.29) is 0 Å². The van der Waals surface area contributed by atoms with E-state index in [1.165, 1.54) is 14.6 Å². The Morgan fingerprint density at radius 3 is 2.54 bits per heavy atom. The summed E-state index contributed by atoms with van der Waals surface area (Å²) < 4.78 is 28.9. The first-order chi connectivity index (χ1) is 12.5. The minimum atomic E-state index is -3.46. The highest BCUT2D eigenvalue weighted by Crippen LogP contribution is 2.33. The second-order valence-electron chi connectivity index (χ2n) is 6.06. The zero-order valence-corrected chi connectivity index (χ0v) is 17.4. The molecule has 0 aliphatic carbocycles. The zero-order chi connectivity index (χ0) is 18.3. The third-order valence-electron chi connectivity index (χ3n) is 4.52. The van der Waals surface area contributed by atoms with Gasteiger partial charge >= 0.3 is 0 Å². The third-order valence-corrected chi connectivity index (χ3v) is 9.20. The van der Waals surface area contributed by atoms with Gasteiger partial charge in [-0.3, -0.25) is 0 Å². The number of rotatable bonds is 4. The standard InChI is InChI=1S/C17H18ClN3O2S3/c1-2-12-4-3-5-13-16(12)19-17(24-13)20-8-10-21(11-9-20)26(22,23)15-7-6-14(18)25-15/h3-7H,2,8-11H2,1H3. The van der Waals surface area contributed by atoms with Crippen LogP contribution in [0.2, 0.25) is 4.34 Å². The van der Waals surface area contributed by atoms with Gasteiger partial charge in [0.2, 0.25) is 0 Å². The van der Waals surface area contributed by atoms with Crippen molar-refractivity contribution in [2.45, 2.75) is 17.6 Å². The number of halogens is 1. The van der Waals surface area contributed by atoms with E-state index < -0.39 is 10.0 Å². The van der Waals surface area contributed by atoms with Crippen molar-refractivity contribution < 1.29 is 8.42 Å². The molecule has 1 aliphatic rings. The fraction of sp³-hybridized carbons (Fsp3) is 0.353. The smallest absolute Gasteiger partial charge is 0.252 e. The maximum atomic E-state index is 12.7. The molecule has 4 rings (SSSR count). The number of piperazine rings is 1. The highest BCUT2D eigenvalue weighted by Gasteiger charge is 2.30. The summed E-state index contributed by atoms with van der Waals surface area (Å²) in [7, 11) is -3.46. The molecule has 3 heterocycles. The van der Waals surface area contributed by atoms with Gasteiger partial charge in [-0.15, -0.1) is 11.3 Å². The van der Waals surface area contributed by atoms with Gasteiger partial charge in [-0.25, -0.2) is 13.4 Å². The summed E-state index contributed by atoms with van der Waals surface area (Å²) in [6, 6.07) is 9.48. The van der Waals surface area contributed by atoms with Crippen molar-refractivity contribution in [1.29, 1.82) is 0 Å². The summed E-state index contributed by atoms with van der Waals surface area (Å²) >= 11 is 8.67. The number of sulfonamides is 1. The van der Waals surface area contributed by atoms with Gasteiger partial charge in [0.1, 0.15) is 4.21 Å². The van der Waals surface area contributed by atoms with Gasteiger partial charge in [-0.2, -0.15) is 4.31 Å². The first-order valence-electron chi connectivity index (χ1n) is 8.38. The van der Waals surface area contributed by atoms with Crippen LogP contribution in [0, 0.1) is 0 Å². The topological polar surface area (TPSA) is 53.5 Å². The number of aromatic nitrogens is 1. The van der Waals surface area contributed by atoms with Gasteiger partial charge in [-0.05, 0) is 30.2 Å². The van der Waals surface area contributed by atoms with Crippen molar-refractivity contribution in [3.8, 4) is 0 Å². The minimum Gasteiger partial charge on any atom is -0.345 e. The number of hydrogen-bond donors (Lipinski definition) is 0. The summed E-state index contributed by atoms with van der Waals surface area (Å²) in [4.78, 5) is 7.00. The lowest BCUT2D eigenvalue weighted by atomic mass is 10.1. The highest BCUT2D eigenvalue weighted by molar-refractivity contribution is 7.91. The number of thiophene rings is 1. The zero-order valence-electron chi connectivity index (χ0n) is 14.2. The van der Waals surface area contributed by atoms with E-state index in [9.17, 15) is 8.42 Å². The fourth-order valence-corrected chi connectivity index (χ4v) is 7.22. The van der Waals surface area contributed by atoms with Crippen molar-refractivity contribution in [2.24, 2.45) is 0 Å². The number of para-hydroxylation sites is 1. The first kappa shape index (κ1) is 18.2. The third kappa shape index (κ3) is 3.25. The van der Waals surface area contributed by atoms with Crippen LogP contribution < -0.4 is 4.90 Å². The van der Waals surface area contributed by atoms with E-state index in [1.807, 2.05) is 0 Å². The Labute approximate surface area is 165 Å².